The van der Waals surface area contributed by atoms with Gasteiger partial charge in [-0.1, -0.05) is 29.3 Å². The number of rotatable bonds is 3. The summed E-state index contributed by atoms with van der Waals surface area (Å²) in [6, 6.07) is 8.28. The molecule has 2 aromatic rings. The molecule has 0 aliphatic heterocycles. The highest BCUT2D eigenvalue weighted by atomic mass is 35.5. The Labute approximate surface area is 126 Å². The summed E-state index contributed by atoms with van der Waals surface area (Å²) in [6.45, 7) is 1.85. The molecule has 1 aromatic carbocycles. The number of nitrogens with two attached hydrogens (primary N) is 1. The van der Waals surface area contributed by atoms with Gasteiger partial charge in [0.1, 0.15) is 0 Å². The number of aromatic nitrogens is 1. The highest BCUT2D eigenvalue weighted by Gasteiger charge is 2.14. The Kier molecular flexibility index (Phi) is 4.47. The Morgan fingerprint density at radius 1 is 1.30 bits per heavy atom. The van der Waals surface area contributed by atoms with Crippen molar-refractivity contribution in [1.82, 2.24) is 10.3 Å². The number of nitrogens with zero attached hydrogens (tertiary/aromatic N) is 1. The molecule has 0 bridgehead atoms. The quantitative estimate of drug-likeness (QED) is 0.853. The van der Waals surface area contributed by atoms with E-state index in [1.165, 1.54) is 12.1 Å². The Hall–Kier alpha value is -1.78. The van der Waals surface area contributed by atoms with Crippen molar-refractivity contribution in [3.63, 3.8) is 0 Å². The number of pyridine rings is 1. The summed E-state index contributed by atoms with van der Waals surface area (Å²) >= 11 is 11.8. The molecule has 20 heavy (non-hydrogen) atoms. The van der Waals surface area contributed by atoms with Gasteiger partial charge in [-0.25, -0.2) is 0 Å². The molecule has 0 saturated heterocycles. The minimum absolute atomic E-state index is 0.223. The molecule has 4 nitrogen and oxygen atoms in total. The number of carbonyl (C=O) groups excluding carboxylic acids is 1. The minimum atomic E-state index is -0.285. The molecule has 1 aromatic heterocycles. The number of carbonyl (C=O) groups is 1. The largest absolute Gasteiger partial charge is 0.396 e. The number of hydrogen-bond donors (Lipinski definition) is 2. The molecule has 0 aliphatic rings. The molecule has 0 saturated carbocycles. The van der Waals surface area contributed by atoms with Crippen LogP contribution in [0.4, 0.5) is 5.69 Å². The van der Waals surface area contributed by atoms with E-state index in [-0.39, 0.29) is 27.7 Å². The highest BCUT2D eigenvalue weighted by Crippen LogP contribution is 2.29. The number of halogens is 2. The zero-order chi connectivity index (χ0) is 14.7. The van der Waals surface area contributed by atoms with Crippen LogP contribution in [0.3, 0.4) is 0 Å². The number of benzene rings is 1. The average Bonchev–Trinajstić information content (AvgIpc) is 2.45. The molecule has 3 N–H and O–H groups in total. The fourth-order valence-corrected chi connectivity index (χ4v) is 2.19. The van der Waals surface area contributed by atoms with Crippen molar-refractivity contribution < 1.29 is 4.79 Å². The zero-order valence-corrected chi connectivity index (χ0v) is 12.2. The number of nitrogen functional groups attached to an aromatic ring is 1. The van der Waals surface area contributed by atoms with E-state index in [1.807, 2.05) is 25.1 Å². The van der Waals surface area contributed by atoms with E-state index in [0.717, 1.165) is 5.69 Å². The second kappa shape index (κ2) is 6.11. The van der Waals surface area contributed by atoms with Gasteiger partial charge in [0.15, 0.2) is 0 Å². The molecule has 1 heterocycles. The van der Waals surface area contributed by atoms with Crippen LogP contribution in [0.1, 0.15) is 29.0 Å². The summed E-state index contributed by atoms with van der Waals surface area (Å²) in [5.41, 5.74) is 7.03. The summed E-state index contributed by atoms with van der Waals surface area (Å²) in [6.07, 6.45) is 1.68. The molecular weight excluding hydrogens is 297 g/mol. The maximum absolute atomic E-state index is 12.1. The maximum Gasteiger partial charge on any atom is 0.251 e. The molecule has 6 heteroatoms. The Bertz CT molecular complexity index is 609. The first-order valence-corrected chi connectivity index (χ1v) is 6.71. The van der Waals surface area contributed by atoms with Gasteiger partial charge < -0.3 is 11.1 Å². The summed E-state index contributed by atoms with van der Waals surface area (Å²) in [5, 5.41) is 3.34. The van der Waals surface area contributed by atoms with Crippen LogP contribution < -0.4 is 11.1 Å². The third kappa shape index (κ3) is 3.21. The van der Waals surface area contributed by atoms with Gasteiger partial charge in [0.05, 0.1) is 27.5 Å². The van der Waals surface area contributed by atoms with E-state index < -0.39 is 0 Å². The molecule has 0 spiro atoms. The van der Waals surface area contributed by atoms with Crippen LogP contribution in [0, 0.1) is 0 Å². The Morgan fingerprint density at radius 2 is 1.95 bits per heavy atom. The van der Waals surface area contributed by atoms with Crippen LogP contribution in [-0.2, 0) is 0 Å². The van der Waals surface area contributed by atoms with Gasteiger partial charge in [-0.2, -0.15) is 0 Å². The lowest BCUT2D eigenvalue weighted by molar-refractivity contribution is 0.0939. The van der Waals surface area contributed by atoms with Gasteiger partial charge in [0.25, 0.3) is 5.91 Å². The summed E-state index contributed by atoms with van der Waals surface area (Å²) in [5.74, 6) is -0.285. The second-order valence-corrected chi connectivity index (χ2v) is 5.12. The molecule has 1 amide bonds. The molecule has 1 atom stereocenters. The number of hydrogen-bond acceptors (Lipinski definition) is 3. The first-order valence-electron chi connectivity index (χ1n) is 5.95. The van der Waals surface area contributed by atoms with Gasteiger partial charge in [-0.15, -0.1) is 0 Å². The summed E-state index contributed by atoms with van der Waals surface area (Å²) < 4.78 is 0. The molecule has 104 valence electrons. The van der Waals surface area contributed by atoms with E-state index in [2.05, 4.69) is 10.3 Å². The van der Waals surface area contributed by atoms with E-state index in [0.29, 0.717) is 5.56 Å². The van der Waals surface area contributed by atoms with Gasteiger partial charge in [-0.05, 0) is 31.2 Å². The van der Waals surface area contributed by atoms with Crippen molar-refractivity contribution in [2.45, 2.75) is 13.0 Å². The van der Waals surface area contributed by atoms with E-state index in [4.69, 9.17) is 28.9 Å². The molecule has 0 aliphatic carbocycles. The van der Waals surface area contributed by atoms with E-state index in [1.54, 1.807) is 6.20 Å². The molecule has 0 radical (unpaired) electrons. The smallest absolute Gasteiger partial charge is 0.251 e. The van der Waals surface area contributed by atoms with Crippen molar-refractivity contribution in [3.05, 3.63) is 57.8 Å². The van der Waals surface area contributed by atoms with Crippen LogP contribution in [0.15, 0.2) is 36.5 Å². The zero-order valence-electron chi connectivity index (χ0n) is 10.7. The van der Waals surface area contributed by atoms with Crippen LogP contribution >= 0.6 is 23.2 Å². The topological polar surface area (TPSA) is 68.0 Å². The molecular formula is C14H13Cl2N3O. The lowest BCUT2D eigenvalue weighted by atomic mass is 10.1. The second-order valence-electron chi connectivity index (χ2n) is 4.30. The lowest BCUT2D eigenvalue weighted by Crippen LogP contribution is -2.27. The van der Waals surface area contributed by atoms with Crippen molar-refractivity contribution >= 4 is 34.8 Å². The third-order valence-corrected chi connectivity index (χ3v) is 3.45. The first kappa shape index (κ1) is 14.6. The SMILES string of the molecule is C[C@@H](NC(=O)c1cc(Cl)c(N)c(Cl)c1)c1ccccn1. The van der Waals surface area contributed by atoms with E-state index in [9.17, 15) is 4.79 Å². The molecule has 2 rings (SSSR count). The van der Waals surface area contributed by atoms with Gasteiger partial charge >= 0.3 is 0 Å². The van der Waals surface area contributed by atoms with Gasteiger partial charge in [-0.3, -0.25) is 9.78 Å². The van der Waals surface area contributed by atoms with Crippen LogP contribution in [0.5, 0.6) is 0 Å². The first-order chi connectivity index (χ1) is 9.49. The monoisotopic (exact) mass is 309 g/mol. The summed E-state index contributed by atoms with van der Waals surface area (Å²) in [4.78, 5) is 16.3. The normalized spacial score (nSPS) is 11.9. The number of anilines is 1. The van der Waals surface area contributed by atoms with Crippen molar-refractivity contribution in [3.8, 4) is 0 Å². The fraction of sp³-hybridized carbons (Fsp3) is 0.143. The van der Waals surface area contributed by atoms with Crippen LogP contribution in [-0.4, -0.2) is 10.9 Å². The predicted molar refractivity (Wildman–Crippen MR) is 81.0 cm³/mol. The van der Waals surface area contributed by atoms with Crippen LogP contribution in [0.2, 0.25) is 10.0 Å². The van der Waals surface area contributed by atoms with Crippen molar-refractivity contribution in [2.24, 2.45) is 0 Å². The number of amides is 1. The highest BCUT2D eigenvalue weighted by molar-refractivity contribution is 6.39. The van der Waals surface area contributed by atoms with Gasteiger partial charge in [0.2, 0.25) is 0 Å². The maximum atomic E-state index is 12.1. The number of nitrogens with one attached hydrogen (secondary N) is 1. The van der Waals surface area contributed by atoms with E-state index >= 15 is 0 Å². The molecule has 0 unspecified atom stereocenters. The minimum Gasteiger partial charge on any atom is -0.396 e. The standard InChI is InChI=1S/C14H13Cl2N3O/c1-8(12-4-2-3-5-18-12)19-14(20)9-6-10(15)13(17)11(16)7-9/h2-8H,17H2,1H3,(H,19,20)/t8-/m1/s1. The van der Waals surface area contributed by atoms with Crippen molar-refractivity contribution in [2.75, 3.05) is 5.73 Å². The lowest BCUT2D eigenvalue weighted by Gasteiger charge is -2.14. The Balaban J connectivity index is 2.17. The average molecular weight is 310 g/mol. The van der Waals surface area contributed by atoms with Crippen molar-refractivity contribution in [1.29, 1.82) is 0 Å². The predicted octanol–water partition coefficient (Wildman–Crippen LogP) is 3.46. The summed E-state index contributed by atoms with van der Waals surface area (Å²) in [7, 11) is 0. The Morgan fingerprint density at radius 3 is 2.50 bits per heavy atom. The van der Waals surface area contributed by atoms with Crippen LogP contribution in [0.25, 0.3) is 0 Å². The molecule has 0 fully saturated rings. The fourth-order valence-electron chi connectivity index (χ4n) is 1.70. The third-order valence-electron chi connectivity index (χ3n) is 2.82. The van der Waals surface area contributed by atoms with Gasteiger partial charge in [0, 0.05) is 11.8 Å².